The summed E-state index contributed by atoms with van der Waals surface area (Å²) in [6, 6.07) is 25.5. The summed E-state index contributed by atoms with van der Waals surface area (Å²) in [6.07, 6.45) is 13.2. The van der Waals surface area contributed by atoms with Gasteiger partial charge in [0.15, 0.2) is 0 Å². The molecule has 0 heteroatoms. The second kappa shape index (κ2) is 6.55. The topological polar surface area (TPSA) is 0 Å². The van der Waals surface area contributed by atoms with Crippen LogP contribution in [-0.2, 0) is 0 Å². The largest absolute Gasteiger partial charge is 0.0616 e. The van der Waals surface area contributed by atoms with Gasteiger partial charge in [-0.15, -0.1) is 0 Å². The molecule has 1 aliphatic carbocycles. The Morgan fingerprint density at radius 3 is 0.583 bits per heavy atom. The Bertz CT molecular complexity index is 753. The molecule has 114 valence electrons. The summed E-state index contributed by atoms with van der Waals surface area (Å²) < 4.78 is 0. The molecule has 0 amide bonds. The minimum Gasteiger partial charge on any atom is -0.0616 e. The summed E-state index contributed by atoms with van der Waals surface area (Å²) in [4.78, 5) is 0. The zero-order valence-electron chi connectivity index (χ0n) is 13.4. The first kappa shape index (κ1) is 14.5. The van der Waals surface area contributed by atoms with Gasteiger partial charge in [0.2, 0.25) is 0 Å². The van der Waals surface area contributed by atoms with Crippen molar-refractivity contribution in [2.75, 3.05) is 0 Å². The van der Waals surface area contributed by atoms with Gasteiger partial charge in [0, 0.05) is 0 Å². The van der Waals surface area contributed by atoms with Crippen LogP contribution in [0.2, 0.25) is 0 Å². The van der Waals surface area contributed by atoms with Crippen molar-refractivity contribution in [1.29, 1.82) is 0 Å². The van der Waals surface area contributed by atoms with Crippen molar-refractivity contribution >= 4 is 36.5 Å². The fraction of sp³-hybridized carbons (Fsp3) is 0. The van der Waals surface area contributed by atoms with Gasteiger partial charge in [0.05, 0.1) is 0 Å². The lowest BCUT2D eigenvalue weighted by Crippen LogP contribution is -1.85. The van der Waals surface area contributed by atoms with E-state index < -0.39 is 0 Å². The number of hydrogen-bond donors (Lipinski definition) is 0. The predicted molar refractivity (Wildman–Crippen MR) is 106 cm³/mol. The average Bonchev–Trinajstić information content (AvgIpc) is 2.64. The third kappa shape index (κ3) is 3.00. The fourth-order valence-electron chi connectivity index (χ4n) is 2.98. The van der Waals surface area contributed by atoms with Crippen LogP contribution in [-0.4, -0.2) is 0 Å². The summed E-state index contributed by atoms with van der Waals surface area (Å²) >= 11 is 0. The maximum absolute atomic E-state index is 2.19. The first-order valence-corrected chi connectivity index (χ1v) is 8.21. The molecule has 0 atom stereocenters. The molecule has 1 aliphatic rings. The Morgan fingerprint density at radius 1 is 0.250 bits per heavy atom. The highest BCUT2D eigenvalue weighted by Crippen LogP contribution is 2.22. The number of benzene rings is 3. The van der Waals surface area contributed by atoms with Crippen LogP contribution in [0.4, 0.5) is 0 Å². The van der Waals surface area contributed by atoms with E-state index in [0.717, 1.165) is 0 Å². The fourth-order valence-corrected chi connectivity index (χ4v) is 2.98. The Balaban J connectivity index is 1.94. The minimum atomic E-state index is 1.23. The number of hydrogen-bond acceptors (Lipinski definition) is 0. The molecule has 0 radical (unpaired) electrons. The van der Waals surface area contributed by atoms with E-state index in [0.29, 0.717) is 0 Å². The van der Waals surface area contributed by atoms with Crippen molar-refractivity contribution < 1.29 is 0 Å². The third-order valence-corrected chi connectivity index (χ3v) is 4.32. The lowest BCUT2D eigenvalue weighted by atomic mass is 9.99. The van der Waals surface area contributed by atoms with Gasteiger partial charge < -0.3 is 0 Å². The zero-order chi connectivity index (χ0) is 16.2. The smallest absolute Gasteiger partial charge is 0.0184 e. The van der Waals surface area contributed by atoms with Crippen molar-refractivity contribution in [2.45, 2.75) is 0 Å². The van der Waals surface area contributed by atoms with E-state index in [2.05, 4.69) is 109 Å². The molecule has 24 heavy (non-hydrogen) atoms. The molecule has 4 rings (SSSR count). The second-order valence-corrected chi connectivity index (χ2v) is 5.89. The average molecular weight is 306 g/mol. The van der Waals surface area contributed by atoms with Crippen LogP contribution in [0, 0.1) is 0 Å². The van der Waals surface area contributed by atoms with Crippen molar-refractivity contribution in [3.63, 3.8) is 0 Å². The number of fused-ring (bicyclic) bond motifs is 3. The molecule has 0 saturated carbocycles. The monoisotopic (exact) mass is 306 g/mol. The van der Waals surface area contributed by atoms with E-state index in [9.17, 15) is 0 Å². The van der Waals surface area contributed by atoms with Crippen molar-refractivity contribution in [3.8, 4) is 0 Å². The van der Waals surface area contributed by atoms with Crippen LogP contribution in [0.5, 0.6) is 0 Å². The van der Waals surface area contributed by atoms with Gasteiger partial charge in [-0.1, -0.05) is 109 Å². The zero-order valence-corrected chi connectivity index (χ0v) is 13.4. The van der Waals surface area contributed by atoms with Gasteiger partial charge in [-0.2, -0.15) is 0 Å². The summed E-state index contributed by atoms with van der Waals surface area (Å²) in [6.45, 7) is 0. The van der Waals surface area contributed by atoms with E-state index in [1.54, 1.807) is 0 Å². The van der Waals surface area contributed by atoms with E-state index in [1.807, 2.05) is 0 Å². The molecular formula is C24H18. The summed E-state index contributed by atoms with van der Waals surface area (Å²) in [5, 5.41) is 0. The van der Waals surface area contributed by atoms with Gasteiger partial charge in [-0.25, -0.2) is 0 Å². The third-order valence-electron chi connectivity index (χ3n) is 4.32. The van der Waals surface area contributed by atoms with Gasteiger partial charge in [0.25, 0.3) is 0 Å². The Hall–Kier alpha value is -3.12. The van der Waals surface area contributed by atoms with Crippen molar-refractivity contribution in [3.05, 3.63) is 106 Å². The summed E-state index contributed by atoms with van der Waals surface area (Å²) in [5.41, 5.74) is 7.36. The lowest BCUT2D eigenvalue weighted by Gasteiger charge is -2.06. The molecule has 0 spiro atoms. The van der Waals surface area contributed by atoms with Crippen molar-refractivity contribution in [1.82, 2.24) is 0 Å². The van der Waals surface area contributed by atoms with Gasteiger partial charge in [-0.05, 0) is 33.4 Å². The molecule has 0 heterocycles. The Morgan fingerprint density at radius 2 is 0.417 bits per heavy atom. The molecule has 0 aromatic heterocycles. The summed E-state index contributed by atoms with van der Waals surface area (Å²) in [5.74, 6) is 0. The maximum atomic E-state index is 2.19. The first-order valence-electron chi connectivity index (χ1n) is 8.21. The quantitative estimate of drug-likeness (QED) is 0.347. The van der Waals surface area contributed by atoms with Crippen LogP contribution in [0.25, 0.3) is 36.5 Å². The predicted octanol–water partition coefficient (Wildman–Crippen LogP) is 6.51. The standard InChI is InChI=1S/C24H18/c1-2-8-20-15-16-22-10-5-6-12-24(22)18-17-23-11-4-3-9-21(23)14-13-19(20)7-1/h1-18H/b14-13-,16-15-,18-17+,19-13?,20-15?,21-14?,22-16?,23-17?,24-18?. The number of rotatable bonds is 0. The van der Waals surface area contributed by atoms with E-state index in [1.165, 1.54) is 33.4 Å². The normalized spacial score (nSPS) is 16.5. The van der Waals surface area contributed by atoms with Crippen LogP contribution < -0.4 is 0 Å². The second-order valence-electron chi connectivity index (χ2n) is 5.89. The Kier molecular flexibility index (Phi) is 3.95. The van der Waals surface area contributed by atoms with Gasteiger partial charge in [-0.3, -0.25) is 0 Å². The van der Waals surface area contributed by atoms with E-state index in [-0.39, 0.29) is 0 Å². The molecule has 0 unspecified atom stereocenters. The van der Waals surface area contributed by atoms with E-state index >= 15 is 0 Å². The highest BCUT2D eigenvalue weighted by atomic mass is 14.1. The van der Waals surface area contributed by atoms with E-state index in [4.69, 9.17) is 0 Å². The maximum Gasteiger partial charge on any atom is -0.0184 e. The molecule has 0 N–H and O–H groups in total. The van der Waals surface area contributed by atoms with Crippen LogP contribution in [0.1, 0.15) is 33.4 Å². The molecule has 0 bridgehead atoms. The molecule has 0 aliphatic heterocycles. The van der Waals surface area contributed by atoms with Crippen LogP contribution in [0.15, 0.2) is 72.8 Å². The van der Waals surface area contributed by atoms with Gasteiger partial charge in [0.1, 0.15) is 0 Å². The highest BCUT2D eigenvalue weighted by molar-refractivity contribution is 5.86. The lowest BCUT2D eigenvalue weighted by molar-refractivity contribution is 1.58. The van der Waals surface area contributed by atoms with Gasteiger partial charge >= 0.3 is 0 Å². The first-order chi connectivity index (χ1) is 11.9. The molecule has 3 aromatic rings. The molecule has 0 saturated heterocycles. The highest BCUT2D eigenvalue weighted by Gasteiger charge is 2.01. The van der Waals surface area contributed by atoms with Crippen molar-refractivity contribution in [2.24, 2.45) is 0 Å². The SMILES string of the molecule is C1=C\c2ccccc2/C=C/c2ccccc2/C=C\c2ccccc2/1. The molecule has 0 fully saturated rings. The minimum absolute atomic E-state index is 1.23. The molecule has 3 aromatic carbocycles. The Labute approximate surface area is 143 Å². The van der Waals surface area contributed by atoms with Crippen LogP contribution in [0.3, 0.4) is 0 Å². The molecular weight excluding hydrogens is 288 g/mol. The van der Waals surface area contributed by atoms with Crippen LogP contribution >= 0.6 is 0 Å². The molecule has 0 nitrogen and oxygen atoms in total. The summed E-state index contributed by atoms with van der Waals surface area (Å²) in [7, 11) is 0.